The number of H-pyrrole nitrogens is 1. The van der Waals surface area contributed by atoms with Gasteiger partial charge in [0, 0.05) is 30.9 Å². The molecule has 0 saturated heterocycles. The smallest absolute Gasteiger partial charge is 0.320 e. The van der Waals surface area contributed by atoms with Crippen LogP contribution < -0.4 is 11.5 Å². The highest BCUT2D eigenvalue weighted by atomic mass is 16.4. The fraction of sp³-hybridized carbons (Fsp3) is 0.333. The van der Waals surface area contributed by atoms with Gasteiger partial charge < -0.3 is 21.6 Å². The number of imidazole rings is 2. The van der Waals surface area contributed by atoms with Gasteiger partial charge in [-0.15, -0.1) is 0 Å². The second kappa shape index (κ2) is 6.29. The molecule has 9 nitrogen and oxygen atoms in total. The van der Waals surface area contributed by atoms with E-state index in [0.717, 1.165) is 5.69 Å². The standard InChI is InChI=1S/C12H16N6O3/c13-9(1-7-3-15-5-16-7)11(19)18-4-8(17-6-18)2-10(14)12(20)21/h3-6,9-10H,1-2,13-14H2,(H,15,16)(H,20,21). The van der Waals surface area contributed by atoms with E-state index >= 15 is 0 Å². The van der Waals surface area contributed by atoms with Crippen molar-refractivity contribution in [3.05, 3.63) is 36.4 Å². The highest BCUT2D eigenvalue weighted by Gasteiger charge is 2.19. The first-order valence-corrected chi connectivity index (χ1v) is 6.25. The van der Waals surface area contributed by atoms with Gasteiger partial charge in [-0.1, -0.05) is 0 Å². The molecule has 2 unspecified atom stereocenters. The summed E-state index contributed by atoms with van der Waals surface area (Å²) in [5.74, 6) is -1.46. The van der Waals surface area contributed by atoms with Crippen molar-refractivity contribution in [3.8, 4) is 0 Å². The van der Waals surface area contributed by atoms with E-state index in [4.69, 9.17) is 16.6 Å². The van der Waals surface area contributed by atoms with Gasteiger partial charge in [-0.3, -0.25) is 14.2 Å². The molecule has 0 radical (unpaired) electrons. The van der Waals surface area contributed by atoms with Crippen LogP contribution in [0, 0.1) is 0 Å². The molecule has 0 amide bonds. The number of carboxylic acid groups (broad SMARTS) is 1. The van der Waals surface area contributed by atoms with E-state index in [2.05, 4.69) is 15.0 Å². The van der Waals surface area contributed by atoms with Crippen molar-refractivity contribution >= 4 is 11.9 Å². The van der Waals surface area contributed by atoms with Crippen molar-refractivity contribution in [1.29, 1.82) is 0 Å². The average molecular weight is 292 g/mol. The quantitative estimate of drug-likeness (QED) is 0.520. The van der Waals surface area contributed by atoms with Gasteiger partial charge in [-0.05, 0) is 0 Å². The zero-order chi connectivity index (χ0) is 15.4. The molecule has 0 saturated carbocycles. The Morgan fingerprint density at radius 3 is 2.71 bits per heavy atom. The summed E-state index contributed by atoms with van der Waals surface area (Å²) in [6, 6.07) is -1.80. The van der Waals surface area contributed by atoms with Gasteiger partial charge in [-0.25, -0.2) is 9.97 Å². The first kappa shape index (κ1) is 14.9. The van der Waals surface area contributed by atoms with Crippen molar-refractivity contribution in [3.63, 3.8) is 0 Å². The van der Waals surface area contributed by atoms with Crippen molar-refractivity contribution in [2.45, 2.75) is 24.9 Å². The summed E-state index contributed by atoms with van der Waals surface area (Å²) in [5, 5.41) is 8.74. The van der Waals surface area contributed by atoms with Crippen LogP contribution in [0.25, 0.3) is 0 Å². The molecule has 0 aliphatic carbocycles. The Labute approximate surface area is 120 Å². The molecule has 2 aromatic heterocycles. The Balaban J connectivity index is 1.99. The molecular weight excluding hydrogens is 276 g/mol. The summed E-state index contributed by atoms with van der Waals surface area (Å²) in [4.78, 5) is 33.5. The summed E-state index contributed by atoms with van der Waals surface area (Å²) in [6.45, 7) is 0. The molecule has 21 heavy (non-hydrogen) atoms. The topological polar surface area (TPSA) is 153 Å². The van der Waals surface area contributed by atoms with Crippen LogP contribution in [0.3, 0.4) is 0 Å². The molecule has 112 valence electrons. The molecule has 6 N–H and O–H groups in total. The lowest BCUT2D eigenvalue weighted by molar-refractivity contribution is -0.138. The number of hydrogen-bond donors (Lipinski definition) is 4. The van der Waals surface area contributed by atoms with Gasteiger partial charge in [0.2, 0.25) is 5.91 Å². The number of aliphatic carboxylic acids is 1. The van der Waals surface area contributed by atoms with Crippen molar-refractivity contribution < 1.29 is 14.7 Å². The largest absolute Gasteiger partial charge is 0.480 e. The summed E-state index contributed by atoms with van der Waals surface area (Å²) in [5.41, 5.74) is 12.4. The summed E-state index contributed by atoms with van der Waals surface area (Å²) >= 11 is 0. The predicted octanol–water partition coefficient (Wildman–Crippen LogP) is -1.23. The average Bonchev–Trinajstić information content (AvgIpc) is 3.09. The maximum absolute atomic E-state index is 12.1. The number of carbonyl (C=O) groups excluding carboxylic acids is 1. The lowest BCUT2D eigenvalue weighted by Crippen LogP contribution is -2.36. The molecule has 0 spiro atoms. The van der Waals surface area contributed by atoms with E-state index in [1.807, 2.05) is 0 Å². The normalized spacial score (nSPS) is 13.8. The van der Waals surface area contributed by atoms with Crippen LogP contribution in [0.4, 0.5) is 0 Å². The third-order valence-corrected chi connectivity index (χ3v) is 2.95. The molecule has 2 rings (SSSR count). The minimum atomic E-state index is -1.12. The fourth-order valence-electron chi connectivity index (χ4n) is 1.81. The lowest BCUT2D eigenvalue weighted by atomic mass is 10.1. The highest BCUT2D eigenvalue weighted by Crippen LogP contribution is 2.04. The second-order valence-electron chi connectivity index (χ2n) is 4.65. The van der Waals surface area contributed by atoms with Gasteiger partial charge in [-0.2, -0.15) is 0 Å². The van der Waals surface area contributed by atoms with Gasteiger partial charge in [0.1, 0.15) is 12.4 Å². The van der Waals surface area contributed by atoms with Crippen molar-refractivity contribution in [2.24, 2.45) is 11.5 Å². The molecule has 0 aliphatic heterocycles. The van der Waals surface area contributed by atoms with E-state index in [1.165, 1.54) is 23.4 Å². The zero-order valence-electron chi connectivity index (χ0n) is 11.1. The number of aromatic amines is 1. The Morgan fingerprint density at radius 1 is 1.33 bits per heavy atom. The molecule has 2 aromatic rings. The van der Waals surface area contributed by atoms with Crippen LogP contribution in [-0.4, -0.2) is 48.6 Å². The molecule has 0 bridgehead atoms. The number of nitrogens with one attached hydrogen (secondary N) is 1. The SMILES string of the molecule is NC(Cc1cn(C(=O)C(N)Cc2cnc[nH]2)cn1)C(=O)O. The van der Waals surface area contributed by atoms with E-state index in [1.54, 1.807) is 6.20 Å². The van der Waals surface area contributed by atoms with Crippen LogP contribution in [0.15, 0.2) is 25.0 Å². The molecule has 0 aromatic carbocycles. The molecule has 2 heterocycles. The van der Waals surface area contributed by atoms with Crippen LogP contribution >= 0.6 is 0 Å². The Bertz CT molecular complexity index is 621. The summed E-state index contributed by atoms with van der Waals surface area (Å²) in [6.07, 6.45) is 6.22. The van der Waals surface area contributed by atoms with Gasteiger partial charge >= 0.3 is 5.97 Å². The molecule has 0 aliphatic rings. The lowest BCUT2D eigenvalue weighted by Gasteiger charge is -2.09. The number of carboxylic acids is 1. The molecule has 0 fully saturated rings. The van der Waals surface area contributed by atoms with Crippen LogP contribution in [-0.2, 0) is 17.6 Å². The van der Waals surface area contributed by atoms with Crippen molar-refractivity contribution in [1.82, 2.24) is 19.5 Å². The minimum Gasteiger partial charge on any atom is -0.480 e. The van der Waals surface area contributed by atoms with Gasteiger partial charge in [0.05, 0.1) is 18.1 Å². The Hall–Kier alpha value is -2.52. The van der Waals surface area contributed by atoms with Gasteiger partial charge in [0.25, 0.3) is 0 Å². The third-order valence-electron chi connectivity index (χ3n) is 2.95. The second-order valence-corrected chi connectivity index (χ2v) is 4.65. The number of nitrogens with zero attached hydrogens (tertiary/aromatic N) is 3. The van der Waals surface area contributed by atoms with E-state index in [-0.39, 0.29) is 12.3 Å². The number of carbonyl (C=O) groups is 2. The Kier molecular flexibility index (Phi) is 4.45. The predicted molar refractivity (Wildman–Crippen MR) is 72.4 cm³/mol. The minimum absolute atomic E-state index is 0.0470. The summed E-state index contributed by atoms with van der Waals surface area (Å²) < 4.78 is 1.24. The van der Waals surface area contributed by atoms with Gasteiger partial charge in [0.15, 0.2) is 0 Å². The van der Waals surface area contributed by atoms with E-state index < -0.39 is 18.1 Å². The fourth-order valence-corrected chi connectivity index (χ4v) is 1.81. The number of rotatable bonds is 6. The van der Waals surface area contributed by atoms with E-state index in [0.29, 0.717) is 12.1 Å². The monoisotopic (exact) mass is 292 g/mol. The highest BCUT2D eigenvalue weighted by molar-refractivity contribution is 5.84. The van der Waals surface area contributed by atoms with Crippen LogP contribution in [0.2, 0.25) is 0 Å². The maximum atomic E-state index is 12.1. The van der Waals surface area contributed by atoms with Crippen LogP contribution in [0.1, 0.15) is 16.2 Å². The van der Waals surface area contributed by atoms with Crippen LogP contribution in [0.5, 0.6) is 0 Å². The molecular formula is C12H16N6O3. The van der Waals surface area contributed by atoms with E-state index in [9.17, 15) is 9.59 Å². The number of hydrogen-bond acceptors (Lipinski definition) is 6. The van der Waals surface area contributed by atoms with Crippen molar-refractivity contribution in [2.75, 3.05) is 0 Å². The zero-order valence-corrected chi connectivity index (χ0v) is 11.1. The maximum Gasteiger partial charge on any atom is 0.320 e. The summed E-state index contributed by atoms with van der Waals surface area (Å²) in [7, 11) is 0. The number of aromatic nitrogens is 4. The molecule has 2 atom stereocenters. The third kappa shape index (κ3) is 3.74. The first-order valence-electron chi connectivity index (χ1n) is 6.25. The Morgan fingerprint density at radius 2 is 2.10 bits per heavy atom. The first-order chi connectivity index (χ1) is 9.97. The number of nitrogens with two attached hydrogens (primary N) is 2. The molecule has 9 heteroatoms.